The molecule has 0 unspecified atom stereocenters. The standard InChI is InChI=1S/C27H22ClF2N3O4/c1-33-27(37-13-21(34)15-4-7-18(28)8-5-15)24(25(32-33)16-2-3-16)26(35)17-6-9-20-19(12-17)22(10-11-31-20)36-14-23(29)30/h4-12,16,23H,2-3,13-14H2,1H3. The van der Waals surface area contributed by atoms with Crippen LogP contribution >= 0.6 is 11.6 Å². The molecule has 0 spiro atoms. The van der Waals surface area contributed by atoms with Crippen LogP contribution in [-0.2, 0) is 7.05 Å². The van der Waals surface area contributed by atoms with Gasteiger partial charge in [0.15, 0.2) is 18.2 Å². The van der Waals surface area contributed by atoms with Gasteiger partial charge in [0.05, 0.1) is 11.2 Å². The number of carbonyl (C=O) groups excluding carboxylic acids is 2. The Labute approximate surface area is 216 Å². The number of carbonyl (C=O) groups is 2. The quantitative estimate of drug-likeness (QED) is 0.249. The largest absolute Gasteiger partial charge is 0.487 e. The topological polar surface area (TPSA) is 83.3 Å². The Balaban J connectivity index is 1.47. The summed E-state index contributed by atoms with van der Waals surface area (Å²) in [7, 11) is 1.66. The molecule has 0 N–H and O–H groups in total. The molecular formula is C27H22ClF2N3O4. The zero-order valence-electron chi connectivity index (χ0n) is 19.8. The summed E-state index contributed by atoms with van der Waals surface area (Å²) >= 11 is 5.90. The van der Waals surface area contributed by atoms with Crippen molar-refractivity contribution in [2.24, 2.45) is 7.05 Å². The predicted octanol–water partition coefficient (Wildman–Crippen LogP) is 5.64. The summed E-state index contributed by atoms with van der Waals surface area (Å²) in [5, 5.41) is 5.48. The highest BCUT2D eigenvalue weighted by molar-refractivity contribution is 6.30. The maximum absolute atomic E-state index is 13.8. The number of halogens is 3. The number of pyridine rings is 1. The lowest BCUT2D eigenvalue weighted by atomic mass is 9.99. The Morgan fingerprint density at radius 1 is 1.08 bits per heavy atom. The summed E-state index contributed by atoms with van der Waals surface area (Å²) in [5.41, 5.74) is 2.13. The Hall–Kier alpha value is -3.85. The van der Waals surface area contributed by atoms with Gasteiger partial charge in [-0.15, -0.1) is 0 Å². The number of Topliss-reactive ketones (excluding diaryl/α,β-unsaturated/α-hetero) is 1. The van der Waals surface area contributed by atoms with E-state index >= 15 is 0 Å². The number of alkyl halides is 2. The lowest BCUT2D eigenvalue weighted by Crippen LogP contribution is -2.15. The number of nitrogens with zero attached hydrogens (tertiary/aromatic N) is 3. The molecule has 37 heavy (non-hydrogen) atoms. The van der Waals surface area contributed by atoms with Gasteiger partial charge in [0.25, 0.3) is 6.43 Å². The Morgan fingerprint density at radius 2 is 1.81 bits per heavy atom. The van der Waals surface area contributed by atoms with Crippen LogP contribution in [0.1, 0.15) is 50.7 Å². The van der Waals surface area contributed by atoms with Crippen molar-refractivity contribution in [2.45, 2.75) is 25.2 Å². The summed E-state index contributed by atoms with van der Waals surface area (Å²) in [5.74, 6) is -0.105. The zero-order chi connectivity index (χ0) is 26.1. The maximum atomic E-state index is 13.8. The molecule has 5 rings (SSSR count). The van der Waals surface area contributed by atoms with E-state index in [4.69, 9.17) is 21.1 Å². The molecule has 0 radical (unpaired) electrons. The highest BCUT2D eigenvalue weighted by atomic mass is 35.5. The Bertz CT molecular complexity index is 1480. The smallest absolute Gasteiger partial charge is 0.272 e. The number of aromatic nitrogens is 3. The lowest BCUT2D eigenvalue weighted by Gasteiger charge is -2.11. The Morgan fingerprint density at radius 3 is 2.51 bits per heavy atom. The minimum absolute atomic E-state index is 0.126. The van der Waals surface area contributed by atoms with Crippen LogP contribution in [0.25, 0.3) is 10.9 Å². The van der Waals surface area contributed by atoms with E-state index in [1.807, 2.05) is 0 Å². The van der Waals surface area contributed by atoms with Crippen LogP contribution in [0, 0.1) is 0 Å². The molecule has 0 atom stereocenters. The van der Waals surface area contributed by atoms with Crippen LogP contribution in [0.15, 0.2) is 54.7 Å². The number of hydrogen-bond acceptors (Lipinski definition) is 6. The summed E-state index contributed by atoms with van der Waals surface area (Å²) in [6.45, 7) is -1.07. The molecule has 0 bridgehead atoms. The number of hydrogen-bond donors (Lipinski definition) is 0. The van der Waals surface area contributed by atoms with Gasteiger partial charge >= 0.3 is 0 Å². The predicted molar refractivity (Wildman–Crippen MR) is 133 cm³/mol. The van der Waals surface area contributed by atoms with Crippen molar-refractivity contribution >= 4 is 34.1 Å². The van der Waals surface area contributed by atoms with E-state index in [1.165, 1.54) is 16.9 Å². The molecule has 0 saturated heterocycles. The minimum Gasteiger partial charge on any atom is -0.487 e. The summed E-state index contributed by atoms with van der Waals surface area (Å²) in [4.78, 5) is 30.7. The molecule has 2 heterocycles. The first-order valence-electron chi connectivity index (χ1n) is 11.6. The van der Waals surface area contributed by atoms with Gasteiger partial charge in [-0.25, -0.2) is 13.5 Å². The normalized spacial score (nSPS) is 13.2. The van der Waals surface area contributed by atoms with E-state index < -0.39 is 13.0 Å². The van der Waals surface area contributed by atoms with Crippen LogP contribution in [0.5, 0.6) is 11.6 Å². The van der Waals surface area contributed by atoms with Crippen molar-refractivity contribution in [3.8, 4) is 11.6 Å². The molecule has 1 saturated carbocycles. The molecular weight excluding hydrogens is 504 g/mol. The van der Waals surface area contributed by atoms with Crippen LogP contribution in [0.2, 0.25) is 5.02 Å². The van der Waals surface area contributed by atoms with Crippen LogP contribution in [0.3, 0.4) is 0 Å². The first-order chi connectivity index (χ1) is 17.8. The second-order valence-electron chi connectivity index (χ2n) is 8.75. The van der Waals surface area contributed by atoms with Gasteiger partial charge in [-0.1, -0.05) is 11.6 Å². The summed E-state index contributed by atoms with van der Waals surface area (Å²) in [6, 6.07) is 12.7. The lowest BCUT2D eigenvalue weighted by molar-refractivity contribution is 0.0826. The summed E-state index contributed by atoms with van der Waals surface area (Å²) < 4.78 is 38.0. The van der Waals surface area contributed by atoms with Crippen molar-refractivity contribution in [1.29, 1.82) is 0 Å². The average molecular weight is 526 g/mol. The number of ether oxygens (including phenoxy) is 2. The molecule has 1 aliphatic rings. The van der Waals surface area contributed by atoms with Gasteiger partial charge in [0, 0.05) is 40.7 Å². The number of benzene rings is 2. The molecule has 1 aliphatic carbocycles. The van der Waals surface area contributed by atoms with Crippen molar-refractivity contribution in [2.75, 3.05) is 13.2 Å². The van der Waals surface area contributed by atoms with Crippen LogP contribution < -0.4 is 9.47 Å². The van der Waals surface area contributed by atoms with Crippen molar-refractivity contribution in [1.82, 2.24) is 14.8 Å². The molecule has 10 heteroatoms. The van der Waals surface area contributed by atoms with E-state index in [2.05, 4.69) is 10.1 Å². The minimum atomic E-state index is -2.64. The molecule has 4 aromatic rings. The van der Waals surface area contributed by atoms with E-state index in [0.29, 0.717) is 32.7 Å². The second kappa shape index (κ2) is 10.3. The van der Waals surface area contributed by atoms with Gasteiger partial charge < -0.3 is 9.47 Å². The maximum Gasteiger partial charge on any atom is 0.272 e. The fourth-order valence-electron chi connectivity index (χ4n) is 4.09. The van der Waals surface area contributed by atoms with E-state index in [-0.39, 0.29) is 41.3 Å². The van der Waals surface area contributed by atoms with Gasteiger partial charge in [0.1, 0.15) is 17.9 Å². The zero-order valence-corrected chi connectivity index (χ0v) is 20.5. The van der Waals surface area contributed by atoms with E-state index in [1.54, 1.807) is 49.5 Å². The third-order valence-corrected chi connectivity index (χ3v) is 6.30. The van der Waals surface area contributed by atoms with Gasteiger partial charge in [0.2, 0.25) is 5.88 Å². The van der Waals surface area contributed by atoms with Gasteiger partial charge in [-0.2, -0.15) is 5.10 Å². The number of ketones is 2. The van der Waals surface area contributed by atoms with Crippen LogP contribution in [-0.4, -0.2) is 46.0 Å². The number of fused-ring (bicyclic) bond motifs is 1. The number of rotatable bonds is 10. The third-order valence-electron chi connectivity index (χ3n) is 6.05. The first kappa shape index (κ1) is 24.8. The Kier molecular flexibility index (Phi) is 6.88. The van der Waals surface area contributed by atoms with Crippen LogP contribution in [0.4, 0.5) is 8.78 Å². The number of aryl methyl sites for hydroxylation is 1. The first-order valence-corrected chi connectivity index (χ1v) is 12.0. The van der Waals surface area contributed by atoms with E-state index in [0.717, 1.165) is 12.8 Å². The SMILES string of the molecule is Cn1nc(C2CC2)c(C(=O)c2ccc3nccc(OCC(F)F)c3c2)c1OCC(=O)c1ccc(Cl)cc1. The monoisotopic (exact) mass is 525 g/mol. The van der Waals surface area contributed by atoms with Gasteiger partial charge in [-0.3, -0.25) is 14.6 Å². The molecule has 2 aromatic carbocycles. The van der Waals surface area contributed by atoms with Crippen molar-refractivity contribution in [3.05, 3.63) is 82.1 Å². The molecule has 0 aliphatic heterocycles. The second-order valence-corrected chi connectivity index (χ2v) is 9.19. The summed E-state index contributed by atoms with van der Waals surface area (Å²) in [6.07, 6.45) is 0.613. The fraction of sp³-hybridized carbons (Fsp3) is 0.259. The molecule has 190 valence electrons. The molecule has 1 fully saturated rings. The molecule has 2 aromatic heterocycles. The fourth-order valence-corrected chi connectivity index (χ4v) is 4.21. The van der Waals surface area contributed by atoms with Gasteiger partial charge in [-0.05, 0) is 61.4 Å². The highest BCUT2D eigenvalue weighted by Crippen LogP contribution is 2.44. The average Bonchev–Trinajstić information content (AvgIpc) is 3.68. The third kappa shape index (κ3) is 5.32. The molecule has 0 amide bonds. The molecule has 7 nitrogen and oxygen atoms in total. The van der Waals surface area contributed by atoms with Crippen molar-refractivity contribution in [3.63, 3.8) is 0 Å². The highest BCUT2D eigenvalue weighted by Gasteiger charge is 2.35. The van der Waals surface area contributed by atoms with Crippen molar-refractivity contribution < 1.29 is 27.8 Å². The van der Waals surface area contributed by atoms with E-state index in [9.17, 15) is 18.4 Å².